The number of para-hydroxylation sites is 2. The molecule has 4 rings (SSSR count). The first kappa shape index (κ1) is 19.4. The van der Waals surface area contributed by atoms with Crippen LogP contribution in [-0.4, -0.2) is 49.5 Å². The van der Waals surface area contributed by atoms with Crippen LogP contribution in [0.4, 0.5) is 5.69 Å². The van der Waals surface area contributed by atoms with Gasteiger partial charge in [-0.15, -0.1) is 10.2 Å². The van der Waals surface area contributed by atoms with Crippen molar-refractivity contribution in [2.45, 2.75) is 24.0 Å². The molecule has 1 saturated heterocycles. The monoisotopic (exact) mass is 411 g/mol. The van der Waals surface area contributed by atoms with Crippen LogP contribution in [0.2, 0.25) is 0 Å². The van der Waals surface area contributed by atoms with Crippen molar-refractivity contribution in [3.05, 3.63) is 55.1 Å². The number of carbonyl (C=O) groups excluding carboxylic acids is 2. The zero-order valence-corrected chi connectivity index (χ0v) is 17.0. The molecule has 1 aliphatic rings. The highest BCUT2D eigenvalue weighted by molar-refractivity contribution is 7.99. The Hall–Kier alpha value is -2.91. The number of likely N-dealkylation sites (tertiary alicyclic amines) is 1. The van der Waals surface area contributed by atoms with E-state index in [1.54, 1.807) is 10.9 Å². The Morgan fingerprint density at radius 2 is 2.00 bits per heavy atom. The van der Waals surface area contributed by atoms with Crippen LogP contribution in [0.15, 0.2) is 60.3 Å². The molecule has 1 aromatic carbocycles. The van der Waals surface area contributed by atoms with Crippen LogP contribution in [0.1, 0.15) is 12.8 Å². The van der Waals surface area contributed by atoms with Crippen molar-refractivity contribution in [3.63, 3.8) is 0 Å². The molecular formula is C20H23N6O2S+. The fraction of sp³-hybridized carbons (Fsp3) is 0.300. The summed E-state index contributed by atoms with van der Waals surface area (Å²) in [6.07, 6.45) is 6.82. The average Bonchev–Trinajstić information content (AvgIpc) is 3.47. The maximum absolute atomic E-state index is 13.7. The third-order valence-corrected chi connectivity index (χ3v) is 6.50. The van der Waals surface area contributed by atoms with Gasteiger partial charge in [-0.05, 0) is 18.2 Å². The van der Waals surface area contributed by atoms with Crippen molar-refractivity contribution in [2.75, 3.05) is 12.3 Å². The van der Waals surface area contributed by atoms with Gasteiger partial charge >= 0.3 is 5.91 Å². The second-order valence-corrected chi connectivity index (χ2v) is 8.08. The van der Waals surface area contributed by atoms with Crippen molar-refractivity contribution < 1.29 is 9.59 Å². The molecule has 9 heteroatoms. The van der Waals surface area contributed by atoms with Gasteiger partial charge < -0.3 is 14.9 Å². The van der Waals surface area contributed by atoms with Gasteiger partial charge in [-0.25, -0.2) is 9.28 Å². The lowest BCUT2D eigenvalue weighted by atomic mass is 10.1. The standard InChI is InChI=1S/C20H22N6O2S/c1-24-14-22-23-20(24)29-13-18(27)26(12-6-9-17(26)19(21)28)16-8-3-2-7-15(16)25-10-4-5-11-25/h2-5,7-8,10-11,14,17H,6,9,12-13H2,1H3,(H-,21,28)/p+1/t17-,26?/m0/s1. The van der Waals surface area contributed by atoms with Crippen LogP contribution in [0.25, 0.3) is 5.69 Å². The highest BCUT2D eigenvalue weighted by atomic mass is 32.2. The smallest absolute Gasteiger partial charge is 0.329 e. The summed E-state index contributed by atoms with van der Waals surface area (Å²) in [6.45, 7) is 0.546. The normalized spacial score (nSPS) is 21.3. The molecule has 8 nitrogen and oxygen atoms in total. The fourth-order valence-electron chi connectivity index (χ4n) is 4.15. The molecule has 2 N–H and O–H groups in total. The summed E-state index contributed by atoms with van der Waals surface area (Å²) in [5, 5.41) is 8.56. The Balaban J connectivity index is 1.78. The van der Waals surface area contributed by atoms with Crippen molar-refractivity contribution in [2.24, 2.45) is 12.8 Å². The average molecular weight is 412 g/mol. The molecule has 29 heavy (non-hydrogen) atoms. The first-order valence-corrected chi connectivity index (χ1v) is 10.4. The first-order valence-electron chi connectivity index (χ1n) is 9.44. The van der Waals surface area contributed by atoms with Crippen LogP contribution in [0.5, 0.6) is 0 Å². The summed E-state index contributed by atoms with van der Waals surface area (Å²) in [5.41, 5.74) is 7.46. The van der Waals surface area contributed by atoms with Gasteiger partial charge in [0.05, 0.1) is 6.54 Å². The maximum Gasteiger partial charge on any atom is 0.329 e. The number of nitrogens with two attached hydrogens (primary N) is 1. The molecular weight excluding hydrogens is 388 g/mol. The number of thioether (sulfide) groups is 1. The minimum absolute atomic E-state index is 0.0566. The first-order chi connectivity index (χ1) is 14.0. The highest BCUT2D eigenvalue weighted by Crippen LogP contribution is 2.39. The number of amides is 2. The van der Waals surface area contributed by atoms with Gasteiger partial charge in [-0.2, -0.15) is 0 Å². The summed E-state index contributed by atoms with van der Waals surface area (Å²) >= 11 is 1.32. The summed E-state index contributed by atoms with van der Waals surface area (Å²) in [6, 6.07) is 11.0. The Kier molecular flexibility index (Phi) is 5.25. The molecule has 0 spiro atoms. The number of benzene rings is 1. The van der Waals surface area contributed by atoms with Crippen molar-refractivity contribution in [3.8, 4) is 5.69 Å². The van der Waals surface area contributed by atoms with Gasteiger partial charge in [0, 0.05) is 38.3 Å². The number of hydrogen-bond donors (Lipinski definition) is 1. The lowest BCUT2D eigenvalue weighted by molar-refractivity contribution is -0.134. The topological polar surface area (TPSA) is 95.8 Å². The lowest BCUT2D eigenvalue weighted by Gasteiger charge is -2.36. The van der Waals surface area contributed by atoms with E-state index in [2.05, 4.69) is 10.2 Å². The van der Waals surface area contributed by atoms with E-state index in [0.717, 1.165) is 17.8 Å². The highest BCUT2D eigenvalue weighted by Gasteiger charge is 2.53. The molecule has 2 amide bonds. The number of aryl methyl sites for hydroxylation is 1. The second kappa shape index (κ2) is 7.84. The minimum Gasteiger partial charge on any atom is -0.364 e. The predicted octanol–water partition coefficient (Wildman–Crippen LogP) is 1.88. The van der Waals surface area contributed by atoms with Gasteiger partial charge in [0.15, 0.2) is 16.9 Å². The number of carbonyl (C=O) groups is 2. The van der Waals surface area contributed by atoms with Crippen LogP contribution < -0.4 is 10.2 Å². The Morgan fingerprint density at radius 3 is 2.69 bits per heavy atom. The predicted molar refractivity (Wildman–Crippen MR) is 111 cm³/mol. The fourth-order valence-corrected chi connectivity index (χ4v) is 4.99. The molecule has 1 fully saturated rings. The van der Waals surface area contributed by atoms with Crippen LogP contribution in [0, 0.1) is 0 Å². The summed E-state index contributed by atoms with van der Waals surface area (Å²) in [5.74, 6) is -0.322. The summed E-state index contributed by atoms with van der Waals surface area (Å²) < 4.78 is 3.68. The molecule has 2 atom stereocenters. The van der Waals surface area contributed by atoms with Crippen LogP contribution in [-0.2, 0) is 16.6 Å². The quantitative estimate of drug-likeness (QED) is 0.494. The Morgan fingerprint density at radius 1 is 1.24 bits per heavy atom. The van der Waals surface area contributed by atoms with Crippen molar-refractivity contribution in [1.29, 1.82) is 0 Å². The number of aromatic nitrogens is 4. The largest absolute Gasteiger partial charge is 0.364 e. The van der Waals surface area contributed by atoms with Gasteiger partial charge in [0.2, 0.25) is 0 Å². The Bertz CT molecular complexity index is 1030. The molecule has 150 valence electrons. The van der Waals surface area contributed by atoms with Gasteiger partial charge in [0.25, 0.3) is 5.91 Å². The Labute approximate surface area is 172 Å². The second-order valence-electron chi connectivity index (χ2n) is 7.14. The summed E-state index contributed by atoms with van der Waals surface area (Å²) in [4.78, 5) is 26.1. The number of primary amides is 1. The van der Waals surface area contributed by atoms with Crippen molar-refractivity contribution in [1.82, 2.24) is 23.8 Å². The SMILES string of the molecule is Cn1cnnc1SCC(=O)[N+]1(c2ccccc2-n2cccc2)CCC[C@H]1C(N)=O. The maximum atomic E-state index is 13.7. The van der Waals surface area contributed by atoms with E-state index < -0.39 is 11.9 Å². The van der Waals surface area contributed by atoms with E-state index >= 15 is 0 Å². The van der Waals surface area contributed by atoms with Crippen LogP contribution in [0.3, 0.4) is 0 Å². The molecule has 0 bridgehead atoms. The van der Waals surface area contributed by atoms with E-state index in [4.69, 9.17) is 5.73 Å². The third-order valence-electron chi connectivity index (χ3n) is 5.48. The molecule has 3 heterocycles. The van der Waals surface area contributed by atoms with Gasteiger partial charge in [-0.3, -0.25) is 4.79 Å². The van der Waals surface area contributed by atoms with Crippen LogP contribution >= 0.6 is 11.8 Å². The molecule has 0 radical (unpaired) electrons. The number of rotatable bonds is 6. The van der Waals surface area contributed by atoms with Gasteiger partial charge in [0.1, 0.15) is 17.8 Å². The lowest BCUT2D eigenvalue weighted by Crippen LogP contribution is -2.62. The molecule has 1 aliphatic heterocycles. The number of quaternary nitrogens is 1. The zero-order valence-electron chi connectivity index (χ0n) is 16.1. The van der Waals surface area contributed by atoms with Crippen molar-refractivity contribution >= 4 is 29.3 Å². The molecule has 2 aromatic heterocycles. The molecule has 0 aliphatic carbocycles. The molecule has 3 aromatic rings. The zero-order chi connectivity index (χ0) is 20.4. The summed E-state index contributed by atoms with van der Waals surface area (Å²) in [7, 11) is 1.83. The van der Waals surface area contributed by atoms with E-state index in [1.807, 2.05) is 60.4 Å². The van der Waals surface area contributed by atoms with Gasteiger partial charge in [-0.1, -0.05) is 23.9 Å². The third kappa shape index (κ3) is 3.36. The van der Waals surface area contributed by atoms with E-state index in [-0.39, 0.29) is 16.1 Å². The van der Waals surface area contributed by atoms with E-state index in [0.29, 0.717) is 18.1 Å². The molecule has 0 saturated carbocycles. The number of hydrogen-bond acceptors (Lipinski definition) is 5. The molecule has 1 unspecified atom stereocenters. The van der Waals surface area contributed by atoms with E-state index in [1.165, 1.54) is 11.8 Å². The minimum atomic E-state index is -0.584. The number of nitrogens with zero attached hydrogens (tertiary/aromatic N) is 5. The van der Waals surface area contributed by atoms with E-state index in [9.17, 15) is 9.59 Å².